The number of nitrogens with zero attached hydrogens (tertiary/aromatic N) is 3. The number of para-hydroxylation sites is 1. The number of fused-ring (bicyclic) bond motifs is 2. The molecule has 2 aromatic carbocycles. The van der Waals surface area contributed by atoms with E-state index in [1.54, 1.807) is 6.07 Å². The summed E-state index contributed by atoms with van der Waals surface area (Å²) in [5.41, 5.74) is 2.60. The largest absolute Gasteiger partial charge is 0.467 e. The summed E-state index contributed by atoms with van der Waals surface area (Å²) < 4.78 is 24.8. The van der Waals surface area contributed by atoms with E-state index in [4.69, 9.17) is 19.4 Å². The van der Waals surface area contributed by atoms with Gasteiger partial charge in [-0.05, 0) is 62.4 Å². The van der Waals surface area contributed by atoms with E-state index in [9.17, 15) is 4.39 Å². The van der Waals surface area contributed by atoms with Crippen LogP contribution in [0.25, 0.3) is 10.9 Å². The molecule has 7 nitrogen and oxygen atoms in total. The number of hydrogen-bond acceptors (Lipinski definition) is 7. The fourth-order valence-electron chi connectivity index (χ4n) is 4.96. The second-order valence-corrected chi connectivity index (χ2v) is 9.44. The molecular formula is C26H32FN5O2. The summed E-state index contributed by atoms with van der Waals surface area (Å²) in [6.07, 6.45) is 4.42. The molecule has 1 aliphatic heterocycles. The maximum atomic E-state index is 14.0. The number of ether oxygens (including phenoxy) is 2. The molecule has 3 aromatic rings. The van der Waals surface area contributed by atoms with E-state index < -0.39 is 0 Å². The Bertz CT molecular complexity index is 1150. The van der Waals surface area contributed by atoms with Crippen molar-refractivity contribution in [3.8, 4) is 5.75 Å². The number of anilines is 2. The van der Waals surface area contributed by atoms with Crippen molar-refractivity contribution in [2.75, 3.05) is 37.6 Å². The van der Waals surface area contributed by atoms with Crippen molar-refractivity contribution in [1.29, 1.82) is 0 Å². The number of hydrogen-bond donors (Lipinski definition) is 2. The van der Waals surface area contributed by atoms with E-state index in [2.05, 4.69) is 16.7 Å². The lowest BCUT2D eigenvalue weighted by molar-refractivity contribution is -0.0173. The van der Waals surface area contributed by atoms with E-state index >= 15 is 0 Å². The Morgan fingerprint density at radius 1 is 1.09 bits per heavy atom. The molecule has 1 aliphatic carbocycles. The Hall–Kier alpha value is -2.97. The molecule has 8 heteroatoms. The highest BCUT2D eigenvalue weighted by atomic mass is 19.1. The molecule has 1 fully saturated rings. The standard InChI is InChI=1S/C26H32FN5O2/c1-32(2)25-22-5-3-4-6-23(22)30-26(31-25)29-21-9-7-17(8-10-21)13-28-14-18-11-20(27)12-19-15-33-16-34-24(18)19/h3-6,11-12,17,21,28H,7-10,13-16H2,1-2H3,(H,29,30,31)/t17-,21+. The fraction of sp³-hybridized carbons (Fsp3) is 0.462. The van der Waals surface area contributed by atoms with Crippen LogP contribution in [-0.4, -0.2) is 43.4 Å². The first-order valence-corrected chi connectivity index (χ1v) is 12.0. The molecule has 0 bridgehead atoms. The molecule has 180 valence electrons. The second-order valence-electron chi connectivity index (χ2n) is 9.44. The molecule has 5 rings (SSSR count). The van der Waals surface area contributed by atoms with Gasteiger partial charge in [-0.15, -0.1) is 0 Å². The number of rotatable bonds is 7. The first-order chi connectivity index (χ1) is 16.6. The lowest BCUT2D eigenvalue weighted by Crippen LogP contribution is -2.32. The number of nitrogens with one attached hydrogen (secondary N) is 2. The highest BCUT2D eigenvalue weighted by Crippen LogP contribution is 2.31. The van der Waals surface area contributed by atoms with Crippen LogP contribution in [0.5, 0.6) is 5.75 Å². The monoisotopic (exact) mass is 465 g/mol. The third kappa shape index (κ3) is 5.08. The van der Waals surface area contributed by atoms with Crippen molar-refractivity contribution in [2.24, 2.45) is 5.92 Å². The van der Waals surface area contributed by atoms with Gasteiger partial charge >= 0.3 is 0 Å². The molecule has 0 amide bonds. The Balaban J connectivity index is 1.14. The normalized spacial score (nSPS) is 20.0. The van der Waals surface area contributed by atoms with Gasteiger partial charge in [0.05, 0.1) is 12.1 Å². The molecule has 34 heavy (non-hydrogen) atoms. The van der Waals surface area contributed by atoms with Crippen LogP contribution >= 0.6 is 0 Å². The summed E-state index contributed by atoms with van der Waals surface area (Å²) in [5, 5.41) is 8.15. The van der Waals surface area contributed by atoms with Crippen LogP contribution in [0.1, 0.15) is 36.8 Å². The van der Waals surface area contributed by atoms with Gasteiger partial charge in [0.15, 0.2) is 6.79 Å². The fourth-order valence-corrected chi connectivity index (χ4v) is 4.96. The van der Waals surface area contributed by atoms with Gasteiger partial charge in [0.2, 0.25) is 5.95 Å². The maximum absolute atomic E-state index is 14.0. The molecule has 0 radical (unpaired) electrons. The average molecular weight is 466 g/mol. The molecule has 2 aliphatic rings. The average Bonchev–Trinajstić information content (AvgIpc) is 2.84. The third-order valence-electron chi connectivity index (χ3n) is 6.69. The second kappa shape index (κ2) is 10.1. The molecular weight excluding hydrogens is 433 g/mol. The summed E-state index contributed by atoms with van der Waals surface area (Å²) in [6.45, 7) is 2.12. The number of benzene rings is 2. The van der Waals surface area contributed by atoms with E-state index in [0.29, 0.717) is 31.1 Å². The molecule has 1 saturated carbocycles. The SMILES string of the molecule is CN(C)c1nc(N[C@H]2CC[C@@H](CNCc3cc(F)cc4c3OCOC4)CC2)nc2ccccc12. The van der Waals surface area contributed by atoms with Gasteiger partial charge in [-0.2, -0.15) is 4.98 Å². The minimum absolute atomic E-state index is 0.222. The predicted octanol–water partition coefficient (Wildman–Crippen LogP) is 4.46. The summed E-state index contributed by atoms with van der Waals surface area (Å²) in [5.74, 6) is 2.75. The Kier molecular flexibility index (Phi) is 6.78. The Labute approximate surface area is 199 Å². The molecule has 0 atom stereocenters. The summed E-state index contributed by atoms with van der Waals surface area (Å²) in [4.78, 5) is 11.6. The van der Waals surface area contributed by atoms with Crippen molar-refractivity contribution >= 4 is 22.7 Å². The lowest BCUT2D eigenvalue weighted by Gasteiger charge is -2.30. The van der Waals surface area contributed by atoms with Gasteiger partial charge in [-0.3, -0.25) is 0 Å². The van der Waals surface area contributed by atoms with Crippen molar-refractivity contribution in [3.63, 3.8) is 0 Å². The van der Waals surface area contributed by atoms with Gasteiger partial charge in [0.1, 0.15) is 17.4 Å². The van der Waals surface area contributed by atoms with Gasteiger partial charge in [-0.1, -0.05) is 12.1 Å². The van der Waals surface area contributed by atoms with E-state index in [-0.39, 0.29) is 12.6 Å². The van der Waals surface area contributed by atoms with Crippen molar-refractivity contribution in [1.82, 2.24) is 15.3 Å². The molecule has 0 unspecified atom stereocenters. The van der Waals surface area contributed by atoms with Crippen molar-refractivity contribution in [3.05, 3.63) is 53.3 Å². The van der Waals surface area contributed by atoms with Gasteiger partial charge in [-0.25, -0.2) is 9.37 Å². The first kappa shape index (κ1) is 22.8. The van der Waals surface area contributed by atoms with Crippen LogP contribution in [0, 0.1) is 11.7 Å². The van der Waals surface area contributed by atoms with Crippen LogP contribution in [-0.2, 0) is 17.9 Å². The lowest BCUT2D eigenvalue weighted by atomic mass is 9.86. The van der Waals surface area contributed by atoms with Gasteiger partial charge in [0, 0.05) is 43.2 Å². The van der Waals surface area contributed by atoms with Gasteiger partial charge in [0.25, 0.3) is 0 Å². The molecule has 2 heterocycles. The molecule has 2 N–H and O–H groups in total. The predicted molar refractivity (Wildman–Crippen MR) is 132 cm³/mol. The molecule has 0 spiro atoms. The summed E-state index contributed by atoms with van der Waals surface area (Å²) >= 11 is 0. The molecule has 0 saturated heterocycles. The third-order valence-corrected chi connectivity index (χ3v) is 6.69. The molecule has 1 aromatic heterocycles. The van der Waals surface area contributed by atoms with Crippen LogP contribution in [0.4, 0.5) is 16.2 Å². The Morgan fingerprint density at radius 2 is 1.91 bits per heavy atom. The topological polar surface area (TPSA) is 71.5 Å². The van der Waals surface area contributed by atoms with Crippen LogP contribution in [0.2, 0.25) is 0 Å². The Morgan fingerprint density at radius 3 is 2.74 bits per heavy atom. The van der Waals surface area contributed by atoms with Crippen molar-refractivity contribution in [2.45, 2.75) is 44.9 Å². The minimum atomic E-state index is -0.246. The summed E-state index contributed by atoms with van der Waals surface area (Å²) in [6, 6.07) is 11.5. The highest BCUT2D eigenvalue weighted by Gasteiger charge is 2.23. The van der Waals surface area contributed by atoms with E-state index in [1.807, 2.05) is 37.2 Å². The van der Waals surface area contributed by atoms with Crippen LogP contribution < -0.4 is 20.3 Å². The van der Waals surface area contributed by atoms with Gasteiger partial charge < -0.3 is 25.0 Å². The maximum Gasteiger partial charge on any atom is 0.225 e. The number of aromatic nitrogens is 2. The quantitative estimate of drug-likeness (QED) is 0.534. The smallest absolute Gasteiger partial charge is 0.225 e. The summed E-state index contributed by atoms with van der Waals surface area (Å²) in [7, 11) is 4.02. The zero-order valence-corrected chi connectivity index (χ0v) is 19.8. The minimum Gasteiger partial charge on any atom is -0.467 e. The zero-order valence-electron chi connectivity index (χ0n) is 19.8. The first-order valence-electron chi connectivity index (χ1n) is 12.0. The van der Waals surface area contributed by atoms with Crippen LogP contribution in [0.3, 0.4) is 0 Å². The van der Waals surface area contributed by atoms with Crippen molar-refractivity contribution < 1.29 is 13.9 Å². The van der Waals surface area contributed by atoms with E-state index in [0.717, 1.165) is 65.8 Å². The zero-order chi connectivity index (χ0) is 23.5. The number of halogens is 1. The highest BCUT2D eigenvalue weighted by molar-refractivity contribution is 5.90. The van der Waals surface area contributed by atoms with Crippen LogP contribution in [0.15, 0.2) is 36.4 Å². The van der Waals surface area contributed by atoms with E-state index in [1.165, 1.54) is 6.07 Å².